The monoisotopic (exact) mass is 288 g/mol. The van der Waals surface area contributed by atoms with Crippen molar-refractivity contribution in [1.29, 1.82) is 0 Å². The largest absolute Gasteiger partial charge is 0.481 e. The van der Waals surface area contributed by atoms with Gasteiger partial charge in [-0.25, -0.2) is 0 Å². The fraction of sp³-hybridized carbons (Fsp3) is 0.273. The maximum Gasteiger partial charge on any atom is 0.303 e. The summed E-state index contributed by atoms with van der Waals surface area (Å²) >= 11 is 0. The van der Waals surface area contributed by atoms with E-state index in [0.29, 0.717) is 0 Å². The molecular formula is C11H12O7S. The first-order valence-corrected chi connectivity index (χ1v) is 6.66. The number of benzene rings is 1. The maximum atomic E-state index is 11.2. The lowest BCUT2D eigenvalue weighted by molar-refractivity contribution is -0.139. The third kappa shape index (κ3) is 4.34. The molecule has 19 heavy (non-hydrogen) atoms. The van der Waals surface area contributed by atoms with Gasteiger partial charge < -0.3 is 10.2 Å². The summed E-state index contributed by atoms with van der Waals surface area (Å²) < 4.78 is 31.4. The van der Waals surface area contributed by atoms with Gasteiger partial charge in [0.05, 0.1) is 17.7 Å². The molecule has 0 aliphatic heterocycles. The van der Waals surface area contributed by atoms with Crippen molar-refractivity contribution in [3.8, 4) is 0 Å². The summed E-state index contributed by atoms with van der Waals surface area (Å²) in [5, 5.41) is 17.5. The van der Waals surface area contributed by atoms with Crippen LogP contribution in [0.3, 0.4) is 0 Å². The standard InChI is InChI=1S/C11H12O7S/c12-10(13)5-7(6-11(14)15)8-3-1-2-4-9(8)19(16,17)18/h1-4,7H,5-6H2,(H,12,13)(H,14,15)(H,16,17,18). The van der Waals surface area contributed by atoms with Gasteiger partial charge in [0.2, 0.25) is 0 Å². The highest BCUT2D eigenvalue weighted by molar-refractivity contribution is 7.85. The molecule has 0 aliphatic carbocycles. The van der Waals surface area contributed by atoms with Crippen LogP contribution >= 0.6 is 0 Å². The highest BCUT2D eigenvalue weighted by Crippen LogP contribution is 2.29. The minimum absolute atomic E-state index is 0.0187. The first-order chi connectivity index (χ1) is 8.71. The van der Waals surface area contributed by atoms with E-state index in [9.17, 15) is 18.0 Å². The van der Waals surface area contributed by atoms with E-state index in [0.717, 1.165) is 6.07 Å². The van der Waals surface area contributed by atoms with Crippen LogP contribution in [0, 0.1) is 0 Å². The van der Waals surface area contributed by atoms with Gasteiger partial charge in [-0.05, 0) is 11.6 Å². The molecule has 0 bridgehead atoms. The van der Waals surface area contributed by atoms with Gasteiger partial charge in [-0.1, -0.05) is 18.2 Å². The van der Waals surface area contributed by atoms with E-state index >= 15 is 0 Å². The second-order valence-electron chi connectivity index (χ2n) is 3.91. The van der Waals surface area contributed by atoms with Gasteiger partial charge in [-0.2, -0.15) is 8.42 Å². The van der Waals surface area contributed by atoms with Crippen molar-refractivity contribution in [2.24, 2.45) is 0 Å². The second-order valence-corrected chi connectivity index (χ2v) is 5.30. The lowest BCUT2D eigenvalue weighted by Gasteiger charge is -2.15. The first-order valence-electron chi connectivity index (χ1n) is 5.22. The Morgan fingerprint density at radius 1 is 1.05 bits per heavy atom. The Bertz CT molecular complexity index is 575. The van der Waals surface area contributed by atoms with E-state index in [1.165, 1.54) is 18.2 Å². The van der Waals surface area contributed by atoms with E-state index in [-0.39, 0.29) is 5.56 Å². The van der Waals surface area contributed by atoms with Gasteiger partial charge in [-0.15, -0.1) is 0 Å². The van der Waals surface area contributed by atoms with Crippen LogP contribution in [0.15, 0.2) is 29.2 Å². The Labute approximate surface area is 109 Å². The van der Waals surface area contributed by atoms with Gasteiger partial charge in [0.25, 0.3) is 10.1 Å². The van der Waals surface area contributed by atoms with Gasteiger partial charge in [-0.3, -0.25) is 14.1 Å². The first kappa shape index (κ1) is 15.1. The van der Waals surface area contributed by atoms with E-state index < -0.39 is 45.7 Å². The molecule has 8 heteroatoms. The molecule has 0 spiro atoms. The molecule has 0 saturated heterocycles. The van der Waals surface area contributed by atoms with Gasteiger partial charge in [0.1, 0.15) is 0 Å². The van der Waals surface area contributed by atoms with E-state index in [1.54, 1.807) is 0 Å². The molecule has 1 aromatic rings. The average Bonchev–Trinajstić information content (AvgIpc) is 2.25. The van der Waals surface area contributed by atoms with Gasteiger partial charge in [0.15, 0.2) is 0 Å². The smallest absolute Gasteiger partial charge is 0.303 e. The van der Waals surface area contributed by atoms with Gasteiger partial charge >= 0.3 is 11.9 Å². The lowest BCUT2D eigenvalue weighted by atomic mass is 9.92. The topological polar surface area (TPSA) is 129 Å². The Balaban J connectivity index is 3.29. The number of aliphatic carboxylic acids is 2. The summed E-state index contributed by atoms with van der Waals surface area (Å²) in [5.41, 5.74) is -0.0187. The Kier molecular flexibility index (Phi) is 4.62. The third-order valence-corrected chi connectivity index (χ3v) is 3.41. The van der Waals surface area contributed by atoms with Crippen LogP contribution in [-0.4, -0.2) is 35.1 Å². The van der Waals surface area contributed by atoms with Crippen molar-refractivity contribution < 1.29 is 32.8 Å². The number of carboxylic acids is 2. The molecule has 0 heterocycles. The number of rotatable bonds is 6. The number of hydrogen-bond acceptors (Lipinski definition) is 4. The molecule has 0 atom stereocenters. The highest BCUT2D eigenvalue weighted by Gasteiger charge is 2.25. The molecule has 0 aromatic heterocycles. The molecule has 0 fully saturated rings. The zero-order chi connectivity index (χ0) is 14.6. The Morgan fingerprint density at radius 3 is 1.95 bits per heavy atom. The summed E-state index contributed by atoms with van der Waals surface area (Å²) in [6.07, 6.45) is -1.09. The van der Waals surface area contributed by atoms with Crippen LogP contribution in [0.4, 0.5) is 0 Å². The Hall–Kier alpha value is -1.93. The maximum absolute atomic E-state index is 11.2. The van der Waals surface area contributed by atoms with Crippen molar-refractivity contribution in [2.75, 3.05) is 0 Å². The zero-order valence-electron chi connectivity index (χ0n) is 9.68. The summed E-state index contributed by atoms with van der Waals surface area (Å²) in [7, 11) is -4.54. The number of carbonyl (C=O) groups is 2. The fourth-order valence-electron chi connectivity index (χ4n) is 1.77. The van der Waals surface area contributed by atoms with E-state index in [1.807, 2.05) is 0 Å². The zero-order valence-corrected chi connectivity index (χ0v) is 10.5. The third-order valence-electron chi connectivity index (χ3n) is 2.48. The number of carboxylic acid groups (broad SMARTS) is 2. The summed E-state index contributed by atoms with van der Waals surface area (Å²) in [6, 6.07) is 5.19. The highest BCUT2D eigenvalue weighted by atomic mass is 32.2. The van der Waals surface area contributed by atoms with E-state index in [4.69, 9.17) is 14.8 Å². The molecule has 3 N–H and O–H groups in total. The fourth-order valence-corrected chi connectivity index (χ4v) is 2.55. The van der Waals surface area contributed by atoms with Crippen molar-refractivity contribution in [3.05, 3.63) is 29.8 Å². The molecule has 1 rings (SSSR count). The predicted molar refractivity (Wildman–Crippen MR) is 63.5 cm³/mol. The molecule has 0 aliphatic rings. The normalized spacial score (nSPS) is 11.5. The minimum Gasteiger partial charge on any atom is -0.481 e. The van der Waals surface area contributed by atoms with Crippen LogP contribution in [0.1, 0.15) is 24.3 Å². The Morgan fingerprint density at radius 2 is 1.53 bits per heavy atom. The molecule has 0 amide bonds. The van der Waals surface area contributed by atoms with Gasteiger partial charge in [0, 0.05) is 5.92 Å². The van der Waals surface area contributed by atoms with Crippen molar-refractivity contribution in [3.63, 3.8) is 0 Å². The molecular weight excluding hydrogens is 276 g/mol. The molecule has 0 unspecified atom stereocenters. The quantitative estimate of drug-likeness (QED) is 0.665. The minimum atomic E-state index is -4.54. The molecule has 1 aromatic carbocycles. The molecule has 0 radical (unpaired) electrons. The van der Waals surface area contributed by atoms with Crippen molar-refractivity contribution >= 4 is 22.1 Å². The van der Waals surface area contributed by atoms with Crippen LogP contribution in [0.5, 0.6) is 0 Å². The summed E-state index contributed by atoms with van der Waals surface area (Å²) in [5.74, 6) is -3.54. The SMILES string of the molecule is O=C(O)CC(CC(=O)O)c1ccccc1S(=O)(=O)O. The van der Waals surface area contributed by atoms with Crippen LogP contribution in [0.25, 0.3) is 0 Å². The molecule has 7 nitrogen and oxygen atoms in total. The average molecular weight is 288 g/mol. The van der Waals surface area contributed by atoms with Crippen LogP contribution in [0.2, 0.25) is 0 Å². The predicted octanol–water partition coefficient (Wildman–Crippen LogP) is 0.966. The summed E-state index contributed by atoms with van der Waals surface area (Å²) in [6.45, 7) is 0. The van der Waals surface area contributed by atoms with Crippen molar-refractivity contribution in [2.45, 2.75) is 23.7 Å². The van der Waals surface area contributed by atoms with Crippen LogP contribution < -0.4 is 0 Å². The summed E-state index contributed by atoms with van der Waals surface area (Å²) in [4.78, 5) is 21.0. The second kappa shape index (κ2) is 5.81. The molecule has 104 valence electrons. The van der Waals surface area contributed by atoms with Crippen LogP contribution in [-0.2, 0) is 19.7 Å². The van der Waals surface area contributed by atoms with E-state index in [2.05, 4.69) is 0 Å². The molecule has 0 saturated carbocycles. The lowest BCUT2D eigenvalue weighted by Crippen LogP contribution is -2.14. The van der Waals surface area contributed by atoms with Crippen molar-refractivity contribution in [1.82, 2.24) is 0 Å². The number of hydrogen-bond donors (Lipinski definition) is 3.